The van der Waals surface area contributed by atoms with E-state index in [1.54, 1.807) is 12.1 Å². The number of likely N-dealkylation sites (N-methyl/N-ethyl adjacent to an activating group) is 1. The number of rotatable bonds is 4. The van der Waals surface area contributed by atoms with Crippen molar-refractivity contribution >= 4 is 23.2 Å². The molecule has 29 heavy (non-hydrogen) atoms. The second-order valence-corrected chi connectivity index (χ2v) is 7.16. The van der Waals surface area contributed by atoms with Crippen LogP contribution < -0.4 is 20.9 Å². The molecule has 9 nitrogen and oxygen atoms in total. The van der Waals surface area contributed by atoms with E-state index in [0.29, 0.717) is 11.5 Å². The molecule has 10 heteroatoms. The topological polar surface area (TPSA) is 94.4 Å². The minimum Gasteiger partial charge on any atom is -0.403 e. The number of piperazine rings is 1. The lowest BCUT2D eigenvalue weighted by molar-refractivity contribution is 0.312. The van der Waals surface area contributed by atoms with Gasteiger partial charge in [-0.25, -0.2) is 9.37 Å². The van der Waals surface area contributed by atoms with E-state index in [-0.39, 0.29) is 18.1 Å². The van der Waals surface area contributed by atoms with E-state index < -0.39 is 0 Å². The van der Waals surface area contributed by atoms with Crippen LogP contribution in [0.15, 0.2) is 40.9 Å². The van der Waals surface area contributed by atoms with Gasteiger partial charge < -0.3 is 30.2 Å². The number of hydrogen-bond donors (Lipinski definition) is 3. The number of nitrogens with one attached hydrogen (secondary N) is 3. The van der Waals surface area contributed by atoms with Gasteiger partial charge in [0.05, 0.1) is 17.6 Å². The lowest BCUT2D eigenvalue weighted by Crippen LogP contribution is -2.44. The third-order valence-corrected chi connectivity index (χ3v) is 5.10. The molecule has 0 bridgehead atoms. The van der Waals surface area contributed by atoms with Gasteiger partial charge in [-0.15, -0.1) is 5.10 Å². The summed E-state index contributed by atoms with van der Waals surface area (Å²) < 4.78 is 18.7. The van der Waals surface area contributed by atoms with Gasteiger partial charge in [0.1, 0.15) is 11.6 Å². The molecule has 4 heterocycles. The number of nitrogens with zero attached hydrogens (tertiary/aromatic N) is 5. The molecular weight excluding hydrogens is 375 g/mol. The Balaban J connectivity index is 1.25. The van der Waals surface area contributed by atoms with Crippen molar-refractivity contribution in [3.05, 3.63) is 42.3 Å². The van der Waals surface area contributed by atoms with Gasteiger partial charge in [-0.3, -0.25) is 0 Å². The molecule has 2 aliphatic heterocycles. The molecule has 2 aliphatic rings. The van der Waals surface area contributed by atoms with Gasteiger partial charge in [0.2, 0.25) is 5.89 Å². The maximum atomic E-state index is 13.1. The number of hydrogen-bond acceptors (Lipinski definition) is 9. The van der Waals surface area contributed by atoms with Crippen molar-refractivity contribution in [3.8, 4) is 11.5 Å². The lowest BCUT2D eigenvalue weighted by atomic mass is 10.2. The quantitative estimate of drug-likeness (QED) is 0.614. The minimum atomic E-state index is -0.312. The summed E-state index contributed by atoms with van der Waals surface area (Å²) in [7, 11) is 2.13. The zero-order valence-electron chi connectivity index (χ0n) is 15.9. The van der Waals surface area contributed by atoms with Gasteiger partial charge in [-0.05, 0) is 31.3 Å². The zero-order chi connectivity index (χ0) is 19.8. The van der Waals surface area contributed by atoms with Crippen LogP contribution in [0.1, 0.15) is 0 Å². The van der Waals surface area contributed by atoms with Crippen LogP contribution in [0.4, 0.5) is 27.6 Å². The van der Waals surface area contributed by atoms with Crippen molar-refractivity contribution < 1.29 is 8.81 Å². The van der Waals surface area contributed by atoms with Gasteiger partial charge in [0, 0.05) is 37.8 Å². The summed E-state index contributed by atoms with van der Waals surface area (Å²) in [5.74, 6) is 0.971. The van der Waals surface area contributed by atoms with Crippen LogP contribution in [0.25, 0.3) is 11.5 Å². The smallest absolute Gasteiger partial charge is 0.318 e. The largest absolute Gasteiger partial charge is 0.403 e. The molecule has 2 aromatic heterocycles. The Morgan fingerprint density at radius 3 is 2.62 bits per heavy atom. The van der Waals surface area contributed by atoms with Crippen molar-refractivity contribution in [1.82, 2.24) is 20.1 Å². The molecule has 0 aliphatic carbocycles. The number of pyridine rings is 1. The Kier molecular flexibility index (Phi) is 4.39. The maximum absolute atomic E-state index is 13.1. The van der Waals surface area contributed by atoms with Crippen molar-refractivity contribution in [2.24, 2.45) is 0 Å². The monoisotopic (exact) mass is 396 g/mol. The molecule has 150 valence electrons. The Labute approximate surface area is 166 Å². The van der Waals surface area contributed by atoms with Crippen molar-refractivity contribution in [2.75, 3.05) is 54.1 Å². The van der Waals surface area contributed by atoms with Crippen LogP contribution in [0.2, 0.25) is 0 Å². The Morgan fingerprint density at radius 2 is 1.83 bits per heavy atom. The molecule has 0 amide bonds. The second kappa shape index (κ2) is 7.21. The summed E-state index contributed by atoms with van der Waals surface area (Å²) in [5, 5.41) is 17.8. The number of anilines is 4. The van der Waals surface area contributed by atoms with Crippen LogP contribution in [-0.4, -0.2) is 59.6 Å². The van der Waals surface area contributed by atoms with Crippen LogP contribution in [0.5, 0.6) is 0 Å². The van der Waals surface area contributed by atoms with Gasteiger partial charge >= 0.3 is 6.01 Å². The number of fused-ring (bicyclic) bond motifs is 1. The zero-order valence-corrected chi connectivity index (χ0v) is 15.9. The molecule has 1 fully saturated rings. The van der Waals surface area contributed by atoms with Gasteiger partial charge in [-0.2, -0.15) is 0 Å². The molecule has 0 radical (unpaired) electrons. The van der Waals surface area contributed by atoms with Crippen LogP contribution in [0, 0.1) is 5.82 Å². The van der Waals surface area contributed by atoms with Crippen molar-refractivity contribution in [1.29, 1.82) is 0 Å². The summed E-state index contributed by atoms with van der Waals surface area (Å²) in [5.41, 5.74) is 2.52. The Hall–Kier alpha value is -3.40. The number of benzene rings is 1. The number of aromatic nitrogens is 3. The Morgan fingerprint density at radius 1 is 1.07 bits per heavy atom. The highest BCUT2D eigenvalue weighted by Gasteiger charge is 2.24. The normalized spacial score (nSPS) is 18.8. The molecular formula is C19H21FN8O. The van der Waals surface area contributed by atoms with Crippen molar-refractivity contribution in [2.45, 2.75) is 6.29 Å². The molecule has 0 saturated carbocycles. The first-order chi connectivity index (χ1) is 14.1. The molecule has 3 N–H and O–H groups in total. The van der Waals surface area contributed by atoms with E-state index in [1.165, 1.54) is 12.1 Å². The molecule has 1 atom stereocenters. The molecule has 3 aromatic rings. The molecule has 1 saturated heterocycles. The highest BCUT2D eigenvalue weighted by atomic mass is 19.1. The summed E-state index contributed by atoms with van der Waals surface area (Å²) in [4.78, 5) is 9.19. The fourth-order valence-electron chi connectivity index (χ4n) is 3.42. The van der Waals surface area contributed by atoms with Crippen LogP contribution >= 0.6 is 0 Å². The van der Waals surface area contributed by atoms with Gasteiger partial charge in [-0.1, -0.05) is 5.10 Å². The van der Waals surface area contributed by atoms with E-state index in [0.717, 1.165) is 43.4 Å². The first-order valence-electron chi connectivity index (χ1n) is 9.47. The third-order valence-electron chi connectivity index (χ3n) is 5.10. The first-order valence-corrected chi connectivity index (χ1v) is 9.47. The average Bonchev–Trinajstić information content (AvgIpc) is 3.35. The standard InChI is InChI=1S/C19H21FN8O/c1-27-6-8-28(9-7-27)16-10-14-15(11-21-16)23-18(22-14)24-19-26-25-17(29-19)12-2-4-13(20)5-3-12/h2-5,10-11,18,22-23H,6-9H2,1H3,(H,24,26). The molecule has 1 aromatic carbocycles. The van der Waals surface area contributed by atoms with Gasteiger partial charge in [0.25, 0.3) is 0 Å². The maximum Gasteiger partial charge on any atom is 0.318 e. The van der Waals surface area contributed by atoms with Gasteiger partial charge in [0.15, 0.2) is 6.29 Å². The average molecular weight is 396 g/mol. The Bertz CT molecular complexity index is 1000. The molecule has 0 spiro atoms. The van der Waals surface area contributed by atoms with E-state index in [1.807, 2.05) is 12.3 Å². The van der Waals surface area contributed by atoms with E-state index in [9.17, 15) is 4.39 Å². The van der Waals surface area contributed by atoms with Crippen LogP contribution in [-0.2, 0) is 0 Å². The summed E-state index contributed by atoms with van der Waals surface area (Å²) in [6.45, 7) is 3.99. The third kappa shape index (κ3) is 3.66. The summed E-state index contributed by atoms with van der Waals surface area (Å²) in [6, 6.07) is 8.21. The fraction of sp³-hybridized carbons (Fsp3) is 0.316. The summed E-state index contributed by atoms with van der Waals surface area (Å²) in [6.07, 6.45) is 1.52. The lowest BCUT2D eigenvalue weighted by Gasteiger charge is -2.33. The number of halogens is 1. The summed E-state index contributed by atoms with van der Waals surface area (Å²) >= 11 is 0. The van der Waals surface area contributed by atoms with E-state index >= 15 is 0 Å². The second-order valence-electron chi connectivity index (χ2n) is 7.16. The highest BCUT2D eigenvalue weighted by molar-refractivity contribution is 5.77. The SMILES string of the molecule is CN1CCN(c2cc3c(cn2)NC(Nc2nnc(-c4ccc(F)cc4)o2)N3)CC1. The van der Waals surface area contributed by atoms with E-state index in [4.69, 9.17) is 4.42 Å². The predicted octanol–water partition coefficient (Wildman–Crippen LogP) is 2.26. The molecule has 5 rings (SSSR count). The minimum absolute atomic E-state index is 0.259. The van der Waals surface area contributed by atoms with Crippen molar-refractivity contribution in [3.63, 3.8) is 0 Å². The highest BCUT2D eigenvalue weighted by Crippen LogP contribution is 2.32. The predicted molar refractivity (Wildman–Crippen MR) is 108 cm³/mol. The fourth-order valence-corrected chi connectivity index (χ4v) is 3.42. The molecule has 1 unspecified atom stereocenters. The van der Waals surface area contributed by atoms with E-state index in [2.05, 4.69) is 48.0 Å². The van der Waals surface area contributed by atoms with Crippen LogP contribution in [0.3, 0.4) is 0 Å². The first kappa shape index (κ1) is 17.7.